The number of ether oxygens (including phenoxy) is 1. The second-order valence-electron chi connectivity index (χ2n) is 3.94. The zero-order valence-corrected chi connectivity index (χ0v) is 13.4. The summed E-state index contributed by atoms with van der Waals surface area (Å²) < 4.78 is 6.50. The second-order valence-corrected chi connectivity index (χ2v) is 5.65. The number of nitro groups is 1. The Labute approximate surface area is 131 Å². The summed E-state index contributed by atoms with van der Waals surface area (Å²) in [6.45, 7) is 1.84. The molecule has 0 bridgehead atoms. The first kappa shape index (κ1) is 14.7. The maximum atomic E-state index is 10.8. The molecule has 1 aromatic heterocycles. The van der Waals surface area contributed by atoms with Crippen LogP contribution in [-0.2, 0) is 0 Å². The van der Waals surface area contributed by atoms with E-state index in [2.05, 4.69) is 36.8 Å². The summed E-state index contributed by atoms with van der Waals surface area (Å²) in [5.41, 5.74) is 7.09. The Morgan fingerprint density at radius 2 is 1.95 bits per heavy atom. The van der Waals surface area contributed by atoms with Gasteiger partial charge in [-0.05, 0) is 50.4 Å². The van der Waals surface area contributed by atoms with Crippen molar-refractivity contribution in [2.45, 2.75) is 6.92 Å². The summed E-state index contributed by atoms with van der Waals surface area (Å²) in [6, 6.07) is 4.47. The number of nitro benzene ring substituents is 1. The maximum absolute atomic E-state index is 10.8. The highest BCUT2D eigenvalue weighted by molar-refractivity contribution is 9.11. The summed E-state index contributed by atoms with van der Waals surface area (Å²) in [7, 11) is 0. The van der Waals surface area contributed by atoms with Crippen LogP contribution >= 0.6 is 31.9 Å². The number of pyridine rings is 1. The quantitative estimate of drug-likeness (QED) is 0.613. The van der Waals surface area contributed by atoms with Crippen molar-refractivity contribution in [1.29, 1.82) is 0 Å². The van der Waals surface area contributed by atoms with Gasteiger partial charge in [-0.25, -0.2) is 4.98 Å². The van der Waals surface area contributed by atoms with Crippen LogP contribution in [0.25, 0.3) is 0 Å². The van der Waals surface area contributed by atoms with E-state index in [1.807, 2.05) is 6.92 Å². The lowest BCUT2D eigenvalue weighted by Crippen LogP contribution is -1.98. The molecule has 2 rings (SSSR count). The largest absolute Gasteiger partial charge is 0.435 e. The van der Waals surface area contributed by atoms with Crippen molar-refractivity contribution < 1.29 is 9.66 Å². The van der Waals surface area contributed by atoms with Crippen molar-refractivity contribution >= 4 is 43.2 Å². The molecule has 0 atom stereocenters. The predicted molar refractivity (Wildman–Crippen MR) is 82.0 cm³/mol. The highest BCUT2D eigenvalue weighted by Gasteiger charge is 2.17. The topological polar surface area (TPSA) is 91.3 Å². The van der Waals surface area contributed by atoms with Crippen molar-refractivity contribution in [2.24, 2.45) is 0 Å². The van der Waals surface area contributed by atoms with Gasteiger partial charge in [0, 0.05) is 18.3 Å². The van der Waals surface area contributed by atoms with Crippen LogP contribution in [0, 0.1) is 17.0 Å². The lowest BCUT2D eigenvalue weighted by Gasteiger charge is -2.11. The van der Waals surface area contributed by atoms with Gasteiger partial charge in [0.1, 0.15) is 0 Å². The van der Waals surface area contributed by atoms with E-state index in [0.717, 1.165) is 5.56 Å². The number of non-ortho nitro benzene ring substituents is 1. The molecular weight excluding hydrogens is 394 g/mol. The van der Waals surface area contributed by atoms with Gasteiger partial charge in [-0.15, -0.1) is 0 Å². The molecule has 0 spiro atoms. The Morgan fingerprint density at radius 1 is 1.35 bits per heavy atom. The minimum absolute atomic E-state index is 0.0544. The molecule has 0 aliphatic carbocycles. The molecule has 0 amide bonds. The number of nitrogen functional groups attached to an aromatic ring is 1. The highest BCUT2D eigenvalue weighted by atomic mass is 79.9. The number of benzene rings is 1. The minimum atomic E-state index is -0.488. The summed E-state index contributed by atoms with van der Waals surface area (Å²) in [5.74, 6) is 0.626. The van der Waals surface area contributed by atoms with E-state index >= 15 is 0 Å². The van der Waals surface area contributed by atoms with Crippen molar-refractivity contribution in [3.05, 3.63) is 49.0 Å². The van der Waals surface area contributed by atoms with Crippen LogP contribution in [0.5, 0.6) is 11.6 Å². The molecule has 0 unspecified atom stereocenters. The normalized spacial score (nSPS) is 10.3. The third-order valence-corrected chi connectivity index (χ3v) is 3.74. The number of aryl methyl sites for hydroxylation is 1. The number of nitrogens with two attached hydrogens (primary N) is 1. The molecule has 1 aromatic carbocycles. The molecule has 1 heterocycles. The predicted octanol–water partition coefficient (Wildman–Crippen LogP) is 4.20. The summed E-state index contributed by atoms with van der Waals surface area (Å²) in [4.78, 5) is 14.3. The van der Waals surface area contributed by atoms with Gasteiger partial charge >= 0.3 is 0 Å². The molecule has 104 valence electrons. The number of hydrogen-bond acceptors (Lipinski definition) is 5. The van der Waals surface area contributed by atoms with Gasteiger partial charge in [-0.2, -0.15) is 0 Å². The number of aromatic nitrogens is 1. The van der Waals surface area contributed by atoms with Crippen molar-refractivity contribution in [2.75, 3.05) is 5.73 Å². The van der Waals surface area contributed by atoms with E-state index in [-0.39, 0.29) is 11.6 Å². The van der Waals surface area contributed by atoms with Gasteiger partial charge in [-0.3, -0.25) is 10.1 Å². The fourth-order valence-electron chi connectivity index (χ4n) is 1.47. The Balaban J connectivity index is 2.44. The average molecular weight is 403 g/mol. The number of halogens is 2. The maximum Gasteiger partial charge on any atom is 0.271 e. The van der Waals surface area contributed by atoms with E-state index in [4.69, 9.17) is 10.5 Å². The summed E-state index contributed by atoms with van der Waals surface area (Å²) in [6.07, 6.45) is 1.58. The number of anilines is 1. The molecule has 2 aromatic rings. The molecule has 6 nitrogen and oxygen atoms in total. The molecule has 8 heteroatoms. The van der Waals surface area contributed by atoms with Gasteiger partial charge < -0.3 is 10.5 Å². The van der Waals surface area contributed by atoms with Crippen molar-refractivity contribution in [1.82, 2.24) is 4.98 Å². The Hall–Kier alpha value is -1.67. The van der Waals surface area contributed by atoms with Crippen molar-refractivity contribution in [3.8, 4) is 11.6 Å². The third kappa shape index (κ3) is 2.91. The van der Waals surface area contributed by atoms with Gasteiger partial charge in [0.05, 0.1) is 19.6 Å². The van der Waals surface area contributed by atoms with Crippen LogP contribution < -0.4 is 10.5 Å². The number of hydrogen-bond donors (Lipinski definition) is 1. The number of nitrogens with zero attached hydrogens (tertiary/aromatic N) is 2. The van der Waals surface area contributed by atoms with E-state index in [1.54, 1.807) is 12.3 Å². The molecule has 2 N–H and O–H groups in total. The minimum Gasteiger partial charge on any atom is -0.435 e. The fourth-order valence-corrected chi connectivity index (χ4v) is 2.80. The first-order valence-electron chi connectivity index (χ1n) is 5.42. The number of rotatable bonds is 3. The standard InChI is InChI=1S/C12H9Br2N3O3/c1-6-2-3-16-12(10(6)15)20-11-8(13)4-7(17(18)19)5-9(11)14/h2-5H,15H2,1H3. The van der Waals surface area contributed by atoms with Gasteiger partial charge in [0.2, 0.25) is 5.88 Å². The van der Waals surface area contributed by atoms with Crippen LogP contribution in [0.3, 0.4) is 0 Å². The Bertz CT molecular complexity index is 669. The zero-order chi connectivity index (χ0) is 14.9. The van der Waals surface area contributed by atoms with Crippen LogP contribution in [0.2, 0.25) is 0 Å². The second kappa shape index (κ2) is 5.76. The third-order valence-electron chi connectivity index (χ3n) is 2.56. The lowest BCUT2D eigenvalue weighted by molar-refractivity contribution is -0.385. The average Bonchev–Trinajstić information content (AvgIpc) is 2.38. The van der Waals surface area contributed by atoms with Crippen LogP contribution in [0.4, 0.5) is 11.4 Å². The van der Waals surface area contributed by atoms with E-state index in [0.29, 0.717) is 20.4 Å². The smallest absolute Gasteiger partial charge is 0.271 e. The van der Waals surface area contributed by atoms with Gasteiger partial charge in [-0.1, -0.05) is 0 Å². The van der Waals surface area contributed by atoms with E-state index in [9.17, 15) is 10.1 Å². The van der Waals surface area contributed by atoms with Gasteiger partial charge in [0.25, 0.3) is 5.69 Å². The van der Waals surface area contributed by atoms with Crippen LogP contribution in [0.15, 0.2) is 33.3 Å². The molecule has 0 aliphatic heterocycles. The van der Waals surface area contributed by atoms with Gasteiger partial charge in [0.15, 0.2) is 5.75 Å². The van der Waals surface area contributed by atoms with Crippen molar-refractivity contribution in [3.63, 3.8) is 0 Å². The molecule has 0 saturated carbocycles. The molecule has 0 fully saturated rings. The van der Waals surface area contributed by atoms with E-state index in [1.165, 1.54) is 12.1 Å². The van der Waals surface area contributed by atoms with E-state index < -0.39 is 4.92 Å². The molecule has 0 radical (unpaired) electrons. The van der Waals surface area contributed by atoms with Crippen LogP contribution in [0.1, 0.15) is 5.56 Å². The Kier molecular flexibility index (Phi) is 4.24. The SMILES string of the molecule is Cc1ccnc(Oc2c(Br)cc([N+](=O)[O-])cc2Br)c1N. The monoisotopic (exact) mass is 401 g/mol. The van der Waals surface area contributed by atoms with Crippen LogP contribution in [-0.4, -0.2) is 9.91 Å². The Morgan fingerprint density at radius 3 is 2.50 bits per heavy atom. The molecule has 20 heavy (non-hydrogen) atoms. The zero-order valence-electron chi connectivity index (χ0n) is 10.3. The summed E-state index contributed by atoms with van der Waals surface area (Å²) in [5, 5.41) is 10.8. The molecule has 0 aliphatic rings. The highest BCUT2D eigenvalue weighted by Crippen LogP contribution is 2.40. The lowest BCUT2D eigenvalue weighted by atomic mass is 10.2. The summed E-state index contributed by atoms with van der Waals surface area (Å²) >= 11 is 6.48. The molecular formula is C12H9Br2N3O3. The fraction of sp³-hybridized carbons (Fsp3) is 0.0833. The molecule has 0 saturated heterocycles. The first-order chi connectivity index (χ1) is 9.40. The first-order valence-corrected chi connectivity index (χ1v) is 7.01.